The Hall–Kier alpha value is -0.107. The van der Waals surface area contributed by atoms with Gasteiger partial charge in [-0.15, -0.1) is 0 Å². The number of hydrogen-bond acceptors (Lipinski definition) is 2. The molecular weight excluding hydrogens is 219 g/mol. The summed E-state index contributed by atoms with van der Waals surface area (Å²) in [6, 6.07) is 0. The summed E-state index contributed by atoms with van der Waals surface area (Å²) in [4.78, 5) is 10.0. The summed E-state index contributed by atoms with van der Waals surface area (Å²) in [5.74, 6) is 0. The Balaban J connectivity index is 0. The van der Waals surface area contributed by atoms with Crippen molar-refractivity contribution in [2.45, 2.75) is 45.4 Å². The summed E-state index contributed by atoms with van der Waals surface area (Å²) in [6.07, 6.45) is 6.11. The van der Waals surface area contributed by atoms with Gasteiger partial charge in [0.25, 0.3) is 0 Å². The van der Waals surface area contributed by atoms with Gasteiger partial charge in [-0.1, -0.05) is 39.0 Å². The summed E-state index contributed by atoms with van der Waals surface area (Å²) >= 11 is 0. The Bertz CT molecular complexity index is 120. The monoisotopic (exact) mass is 236 g/mol. The molecule has 0 aliphatic rings. The minimum Gasteiger partial charge on any atom is -0.632 e. The first-order chi connectivity index (χ1) is 5.77. The number of carbonyl (C=O) groups excluding carboxylic acids is 1. The van der Waals surface area contributed by atoms with Crippen molar-refractivity contribution in [3.05, 3.63) is 5.73 Å². The van der Waals surface area contributed by atoms with E-state index in [0.29, 0.717) is 6.61 Å². The zero-order valence-electron chi connectivity index (χ0n) is 8.47. The van der Waals surface area contributed by atoms with Gasteiger partial charge < -0.3 is 10.5 Å². The van der Waals surface area contributed by atoms with E-state index in [0.717, 1.165) is 12.8 Å². The van der Waals surface area contributed by atoms with Gasteiger partial charge in [-0.05, 0) is 6.42 Å². The second-order valence-electron chi connectivity index (χ2n) is 2.90. The molecule has 0 rings (SSSR count). The van der Waals surface area contributed by atoms with Crippen molar-refractivity contribution in [3.63, 3.8) is 0 Å². The van der Waals surface area contributed by atoms with Crippen molar-refractivity contribution in [1.29, 1.82) is 0 Å². The summed E-state index contributed by atoms with van der Waals surface area (Å²) in [5.41, 5.74) is 6.46. The molecule has 1 N–H and O–H groups in total. The normalized spacial score (nSPS) is 9.00. The van der Waals surface area contributed by atoms with E-state index in [2.05, 4.69) is 11.7 Å². The second kappa shape index (κ2) is 11.9. The van der Waals surface area contributed by atoms with Crippen molar-refractivity contribution < 1.29 is 29.0 Å². The largest absolute Gasteiger partial charge is 0.632 e. The molecule has 0 saturated heterocycles. The fourth-order valence-corrected chi connectivity index (χ4v) is 1.05. The maximum atomic E-state index is 10.0. The van der Waals surface area contributed by atoms with E-state index in [1.54, 1.807) is 0 Å². The Labute approximate surface area is 93.2 Å². The Morgan fingerprint density at radius 2 is 1.69 bits per heavy atom. The number of carbonyl (C=O) groups is 1. The third kappa shape index (κ3) is 14.7. The summed E-state index contributed by atoms with van der Waals surface area (Å²) < 4.78 is 4.48. The SMILES string of the molecule is CCCCCCCCOC([NH-])=O.[Zn]. The average molecular weight is 238 g/mol. The molecule has 0 atom stereocenters. The molecule has 0 saturated carbocycles. The molecule has 0 radical (unpaired) electrons. The van der Waals surface area contributed by atoms with Crippen LogP contribution in [0.25, 0.3) is 5.73 Å². The van der Waals surface area contributed by atoms with Crippen LogP contribution in [0, 0.1) is 0 Å². The third-order valence-corrected chi connectivity index (χ3v) is 1.73. The van der Waals surface area contributed by atoms with E-state index in [1.165, 1.54) is 25.7 Å². The number of unbranched alkanes of at least 4 members (excludes halogenated alkanes) is 5. The molecule has 0 aliphatic carbocycles. The predicted molar refractivity (Wildman–Crippen MR) is 49.0 cm³/mol. The minimum absolute atomic E-state index is 0. The van der Waals surface area contributed by atoms with Crippen LogP contribution in [0.4, 0.5) is 4.79 Å². The number of amides is 1. The Kier molecular flexibility index (Phi) is 14.1. The molecule has 3 nitrogen and oxygen atoms in total. The smallest absolute Gasteiger partial charge is 0.227 e. The zero-order chi connectivity index (χ0) is 9.23. The van der Waals surface area contributed by atoms with Gasteiger partial charge in [0.2, 0.25) is 6.09 Å². The molecule has 0 spiro atoms. The maximum Gasteiger partial charge on any atom is 0.227 e. The van der Waals surface area contributed by atoms with Crippen molar-refractivity contribution >= 4 is 6.09 Å². The molecule has 0 aliphatic heterocycles. The van der Waals surface area contributed by atoms with Crippen molar-refractivity contribution in [2.24, 2.45) is 0 Å². The van der Waals surface area contributed by atoms with Gasteiger partial charge in [-0.2, -0.15) is 0 Å². The Morgan fingerprint density at radius 1 is 1.15 bits per heavy atom. The molecule has 13 heavy (non-hydrogen) atoms. The van der Waals surface area contributed by atoms with Crippen LogP contribution in [-0.4, -0.2) is 12.7 Å². The molecule has 0 fully saturated rings. The van der Waals surface area contributed by atoms with Gasteiger partial charge in [0.05, 0.1) is 6.61 Å². The molecule has 4 heteroatoms. The molecular formula is C9H18NO2Zn-. The van der Waals surface area contributed by atoms with Crippen LogP contribution in [-0.2, 0) is 24.2 Å². The van der Waals surface area contributed by atoms with E-state index in [4.69, 9.17) is 5.73 Å². The number of ether oxygens (including phenoxy) is 1. The summed E-state index contributed by atoms with van der Waals surface area (Å²) in [5, 5.41) is 0. The minimum atomic E-state index is -0.913. The predicted octanol–water partition coefficient (Wildman–Crippen LogP) is 3.53. The number of hydrogen-bond donors (Lipinski definition) is 0. The van der Waals surface area contributed by atoms with Gasteiger partial charge in [0.15, 0.2) is 0 Å². The average Bonchev–Trinajstić information content (AvgIpc) is 2.02. The van der Waals surface area contributed by atoms with E-state index in [9.17, 15) is 4.79 Å². The standard InChI is InChI=1S/C9H19NO2.Zn/c1-2-3-4-5-6-7-8-12-9(10)11;/h2-8H2,1H3,(H2,10,11);/p-1. The van der Waals surface area contributed by atoms with Crippen LogP contribution < -0.4 is 0 Å². The molecule has 1 amide bonds. The summed E-state index contributed by atoms with van der Waals surface area (Å²) in [6.45, 7) is 2.59. The maximum absolute atomic E-state index is 10.0. The van der Waals surface area contributed by atoms with Crippen LogP contribution in [0.1, 0.15) is 45.4 Å². The van der Waals surface area contributed by atoms with Gasteiger partial charge in [0.1, 0.15) is 0 Å². The molecule has 0 aromatic carbocycles. The second-order valence-corrected chi connectivity index (χ2v) is 2.90. The van der Waals surface area contributed by atoms with Crippen LogP contribution >= 0.6 is 0 Å². The third-order valence-electron chi connectivity index (χ3n) is 1.73. The van der Waals surface area contributed by atoms with Crippen molar-refractivity contribution in [3.8, 4) is 0 Å². The molecule has 0 unspecified atom stereocenters. The fourth-order valence-electron chi connectivity index (χ4n) is 1.05. The van der Waals surface area contributed by atoms with Crippen molar-refractivity contribution in [2.75, 3.05) is 6.61 Å². The number of rotatable bonds is 7. The molecule has 0 bridgehead atoms. The van der Waals surface area contributed by atoms with Crippen LogP contribution in [0.2, 0.25) is 0 Å². The molecule has 0 aromatic heterocycles. The first-order valence-electron chi connectivity index (χ1n) is 4.65. The zero-order valence-corrected chi connectivity index (χ0v) is 11.4. The molecule has 0 heterocycles. The van der Waals surface area contributed by atoms with Gasteiger partial charge in [0, 0.05) is 19.5 Å². The molecule has 74 valence electrons. The van der Waals surface area contributed by atoms with Crippen LogP contribution in [0.3, 0.4) is 0 Å². The van der Waals surface area contributed by atoms with Gasteiger partial charge in [-0.3, -0.25) is 4.79 Å². The van der Waals surface area contributed by atoms with Crippen LogP contribution in [0.5, 0.6) is 0 Å². The van der Waals surface area contributed by atoms with E-state index in [-0.39, 0.29) is 19.5 Å². The fraction of sp³-hybridized carbons (Fsp3) is 0.889. The van der Waals surface area contributed by atoms with Crippen LogP contribution in [0.15, 0.2) is 0 Å². The Morgan fingerprint density at radius 3 is 2.23 bits per heavy atom. The number of nitrogens with one attached hydrogen (secondary N) is 1. The van der Waals surface area contributed by atoms with E-state index in [1.807, 2.05) is 0 Å². The van der Waals surface area contributed by atoms with E-state index < -0.39 is 6.09 Å². The van der Waals surface area contributed by atoms with Crippen molar-refractivity contribution in [1.82, 2.24) is 0 Å². The van der Waals surface area contributed by atoms with Gasteiger partial charge >= 0.3 is 0 Å². The topological polar surface area (TPSA) is 50.1 Å². The van der Waals surface area contributed by atoms with E-state index >= 15 is 0 Å². The first kappa shape index (κ1) is 15.4. The quantitative estimate of drug-likeness (QED) is 0.502. The van der Waals surface area contributed by atoms with Gasteiger partial charge in [-0.25, -0.2) is 0 Å². The first-order valence-corrected chi connectivity index (χ1v) is 4.65. The molecule has 0 aromatic rings. The summed E-state index contributed by atoms with van der Waals surface area (Å²) in [7, 11) is 0.